The smallest absolute Gasteiger partial charge is 0.191 e. The topological polar surface area (TPSA) is 73.1 Å². The van der Waals surface area contributed by atoms with Crippen molar-refractivity contribution in [3.63, 3.8) is 0 Å². The Bertz CT molecular complexity index is 1350. The van der Waals surface area contributed by atoms with Gasteiger partial charge in [-0.3, -0.25) is 4.79 Å². The molecule has 0 spiro atoms. The van der Waals surface area contributed by atoms with Gasteiger partial charge in [0.15, 0.2) is 27.9 Å². The number of anilines is 1. The third-order valence-corrected chi connectivity index (χ3v) is 7.01. The number of morpholine rings is 1. The van der Waals surface area contributed by atoms with Crippen molar-refractivity contribution in [2.24, 2.45) is 0 Å². The summed E-state index contributed by atoms with van der Waals surface area (Å²) in [4.78, 5) is 29.9. The molecule has 0 bridgehead atoms. The molecule has 0 amide bonds. The number of ether oxygens (including phenoxy) is 1. The molecule has 5 rings (SSSR count). The van der Waals surface area contributed by atoms with Gasteiger partial charge in [0, 0.05) is 24.4 Å². The van der Waals surface area contributed by atoms with E-state index in [1.807, 2.05) is 48.5 Å². The quantitative estimate of drug-likeness (QED) is 0.137. The Labute approximate surface area is 215 Å². The van der Waals surface area contributed by atoms with E-state index in [1.165, 1.54) is 0 Å². The molecule has 36 heavy (non-hydrogen) atoms. The van der Waals surface area contributed by atoms with Crippen LogP contribution >= 0.6 is 11.8 Å². The van der Waals surface area contributed by atoms with E-state index in [2.05, 4.69) is 28.5 Å². The van der Waals surface area contributed by atoms with Crippen LogP contribution in [0.1, 0.15) is 35.1 Å². The summed E-state index contributed by atoms with van der Waals surface area (Å²) in [6, 6.07) is 19.5. The summed E-state index contributed by atoms with van der Waals surface area (Å²) in [5, 5.41) is 0.746. The highest BCUT2D eigenvalue weighted by molar-refractivity contribution is 7.99. The summed E-state index contributed by atoms with van der Waals surface area (Å²) in [7, 11) is 0. The molecular weight excluding hydrogens is 470 g/mol. The van der Waals surface area contributed by atoms with Crippen molar-refractivity contribution in [1.82, 2.24) is 19.5 Å². The van der Waals surface area contributed by atoms with Gasteiger partial charge in [0.05, 0.1) is 19.8 Å². The van der Waals surface area contributed by atoms with Gasteiger partial charge in [-0.15, -0.1) is 0 Å². The van der Waals surface area contributed by atoms with Crippen molar-refractivity contribution in [3.05, 3.63) is 83.7 Å². The van der Waals surface area contributed by atoms with Gasteiger partial charge in [-0.25, -0.2) is 15.0 Å². The number of thioether (sulfide) groups is 1. The molecule has 1 aliphatic rings. The minimum atomic E-state index is -0.0624. The molecule has 3 heterocycles. The number of imidazole rings is 1. The number of nitrogens with zero attached hydrogens (tertiary/aromatic N) is 5. The lowest BCUT2D eigenvalue weighted by molar-refractivity contribution is 0.104. The van der Waals surface area contributed by atoms with Gasteiger partial charge < -0.3 is 14.2 Å². The Balaban J connectivity index is 1.62. The van der Waals surface area contributed by atoms with E-state index in [9.17, 15) is 4.79 Å². The molecule has 2 aromatic heterocycles. The predicted octanol–water partition coefficient (Wildman–Crippen LogP) is 5.11. The second-order valence-electron chi connectivity index (χ2n) is 8.56. The van der Waals surface area contributed by atoms with Crippen molar-refractivity contribution in [3.8, 4) is 0 Å². The Morgan fingerprint density at radius 1 is 1.00 bits per heavy atom. The number of benzene rings is 2. The van der Waals surface area contributed by atoms with E-state index < -0.39 is 0 Å². The van der Waals surface area contributed by atoms with Gasteiger partial charge in [-0.1, -0.05) is 79.3 Å². The van der Waals surface area contributed by atoms with E-state index in [1.54, 1.807) is 23.9 Å². The van der Waals surface area contributed by atoms with Crippen LogP contribution in [0.15, 0.2) is 71.9 Å². The number of rotatable bonds is 9. The van der Waals surface area contributed by atoms with Gasteiger partial charge in [-0.05, 0) is 24.1 Å². The zero-order chi connectivity index (χ0) is 24.7. The summed E-state index contributed by atoms with van der Waals surface area (Å²) < 4.78 is 7.66. The van der Waals surface area contributed by atoms with E-state index in [4.69, 9.17) is 19.7 Å². The fourth-order valence-corrected chi connectivity index (χ4v) is 4.82. The summed E-state index contributed by atoms with van der Waals surface area (Å²) in [6.07, 6.45) is 4.42. The third-order valence-electron chi connectivity index (χ3n) is 5.96. The Morgan fingerprint density at radius 2 is 1.72 bits per heavy atom. The largest absolute Gasteiger partial charge is 0.378 e. The Kier molecular flexibility index (Phi) is 7.73. The maximum atomic E-state index is 12.8. The lowest BCUT2D eigenvalue weighted by Crippen LogP contribution is -2.37. The van der Waals surface area contributed by atoms with Crippen LogP contribution in [0.25, 0.3) is 17.2 Å². The van der Waals surface area contributed by atoms with E-state index in [0.29, 0.717) is 31.1 Å². The molecule has 8 heteroatoms. The number of carbonyl (C=O) groups excluding carboxylic acids is 1. The van der Waals surface area contributed by atoms with Crippen molar-refractivity contribution in [2.45, 2.75) is 25.0 Å². The van der Waals surface area contributed by atoms with Crippen molar-refractivity contribution < 1.29 is 9.53 Å². The minimum Gasteiger partial charge on any atom is -0.378 e. The SMILES string of the molecule is CCCSc1nc(N2CCOCC2)c2nc(/C=C/C(=O)c3ccccc3)n(Cc3ccccc3)c2n1. The molecule has 0 radical (unpaired) electrons. The van der Waals surface area contributed by atoms with Gasteiger partial charge in [0.2, 0.25) is 0 Å². The van der Waals surface area contributed by atoms with Crippen LogP contribution in [0, 0.1) is 0 Å². The van der Waals surface area contributed by atoms with Crippen LogP contribution in [0.4, 0.5) is 5.82 Å². The molecule has 0 unspecified atom stereocenters. The number of hydrogen-bond acceptors (Lipinski definition) is 7. The van der Waals surface area contributed by atoms with Gasteiger partial charge >= 0.3 is 0 Å². The van der Waals surface area contributed by atoms with Crippen LogP contribution in [-0.4, -0.2) is 57.4 Å². The molecule has 7 nitrogen and oxygen atoms in total. The fourth-order valence-electron chi connectivity index (χ4n) is 4.14. The van der Waals surface area contributed by atoms with Gasteiger partial charge in [0.25, 0.3) is 0 Å². The van der Waals surface area contributed by atoms with E-state index in [0.717, 1.165) is 53.0 Å². The van der Waals surface area contributed by atoms with Crippen LogP contribution in [-0.2, 0) is 11.3 Å². The summed E-state index contributed by atoms with van der Waals surface area (Å²) in [5.74, 6) is 2.39. The molecule has 184 valence electrons. The first-order valence-electron chi connectivity index (χ1n) is 12.3. The molecule has 0 saturated carbocycles. The lowest BCUT2D eigenvalue weighted by Gasteiger charge is -2.28. The second-order valence-corrected chi connectivity index (χ2v) is 9.62. The standard InChI is InChI=1S/C28H29N5O2S/c1-2-19-36-28-30-26(32-15-17-35-18-16-32)25-27(31-28)33(20-21-9-5-3-6-10-21)24(29-25)14-13-23(34)22-11-7-4-8-12-22/h3-14H,2,15-20H2,1H3/b14-13+. The average molecular weight is 500 g/mol. The monoisotopic (exact) mass is 499 g/mol. The highest BCUT2D eigenvalue weighted by atomic mass is 32.2. The second kappa shape index (κ2) is 11.5. The van der Waals surface area contributed by atoms with E-state index >= 15 is 0 Å². The molecule has 4 aromatic rings. The summed E-state index contributed by atoms with van der Waals surface area (Å²) in [5.41, 5.74) is 3.31. The predicted molar refractivity (Wildman–Crippen MR) is 145 cm³/mol. The van der Waals surface area contributed by atoms with Gasteiger partial charge in [0.1, 0.15) is 5.82 Å². The first-order chi connectivity index (χ1) is 17.7. The van der Waals surface area contributed by atoms with Gasteiger partial charge in [-0.2, -0.15) is 0 Å². The molecule has 1 fully saturated rings. The van der Waals surface area contributed by atoms with Crippen LogP contribution in [0.5, 0.6) is 0 Å². The third kappa shape index (κ3) is 5.50. The average Bonchev–Trinajstić information content (AvgIpc) is 3.28. The van der Waals surface area contributed by atoms with Crippen LogP contribution in [0.2, 0.25) is 0 Å². The van der Waals surface area contributed by atoms with Crippen molar-refractivity contribution in [2.75, 3.05) is 37.0 Å². The first kappa shape index (κ1) is 24.2. The maximum Gasteiger partial charge on any atom is 0.191 e. The molecular formula is C28H29N5O2S. The number of hydrogen-bond donors (Lipinski definition) is 0. The number of fused-ring (bicyclic) bond motifs is 1. The highest BCUT2D eigenvalue weighted by Gasteiger charge is 2.23. The number of allylic oxidation sites excluding steroid dienone is 1. The number of aromatic nitrogens is 4. The normalized spacial score (nSPS) is 14.1. The fraction of sp³-hybridized carbons (Fsp3) is 0.286. The summed E-state index contributed by atoms with van der Waals surface area (Å²) >= 11 is 1.66. The minimum absolute atomic E-state index is 0.0624. The van der Waals surface area contributed by atoms with Crippen LogP contribution < -0.4 is 4.90 Å². The molecule has 1 saturated heterocycles. The van der Waals surface area contributed by atoms with E-state index in [-0.39, 0.29) is 5.78 Å². The maximum absolute atomic E-state index is 12.8. The summed E-state index contributed by atoms with van der Waals surface area (Å²) in [6.45, 7) is 5.58. The molecule has 0 N–H and O–H groups in total. The molecule has 2 aromatic carbocycles. The first-order valence-corrected chi connectivity index (χ1v) is 13.3. The zero-order valence-corrected chi connectivity index (χ0v) is 21.2. The van der Waals surface area contributed by atoms with Crippen LogP contribution in [0.3, 0.4) is 0 Å². The molecule has 0 atom stereocenters. The van der Waals surface area contributed by atoms with Crippen molar-refractivity contribution >= 4 is 40.6 Å². The molecule has 0 aliphatic carbocycles. The Morgan fingerprint density at radius 3 is 2.44 bits per heavy atom. The number of carbonyl (C=O) groups is 1. The Hall–Kier alpha value is -3.49. The lowest BCUT2D eigenvalue weighted by atomic mass is 10.1. The van der Waals surface area contributed by atoms with Crippen molar-refractivity contribution in [1.29, 1.82) is 0 Å². The number of ketones is 1. The molecule has 1 aliphatic heterocycles. The highest BCUT2D eigenvalue weighted by Crippen LogP contribution is 2.29. The zero-order valence-electron chi connectivity index (χ0n) is 20.3.